The molecule has 0 fully saturated rings. The van der Waals surface area contributed by atoms with Gasteiger partial charge in [-0.15, -0.1) is 0 Å². The summed E-state index contributed by atoms with van der Waals surface area (Å²) in [6.45, 7) is 1.58. The van der Waals surface area contributed by atoms with Crippen LogP contribution in [0.4, 0.5) is 10.1 Å². The van der Waals surface area contributed by atoms with E-state index in [2.05, 4.69) is 5.32 Å². The molecule has 20 heavy (non-hydrogen) atoms. The van der Waals surface area contributed by atoms with Crippen molar-refractivity contribution in [3.8, 4) is 0 Å². The first-order valence-corrected chi connectivity index (χ1v) is 7.01. The van der Waals surface area contributed by atoms with Gasteiger partial charge in [0.1, 0.15) is 11.6 Å². The normalized spacial score (nSPS) is 11.3. The number of halogens is 1. The molecule has 1 amide bonds. The summed E-state index contributed by atoms with van der Waals surface area (Å²) in [5.74, 6) is -1.01. The predicted molar refractivity (Wildman–Crippen MR) is 69.2 cm³/mol. The van der Waals surface area contributed by atoms with Crippen LogP contribution >= 0.6 is 0 Å². The van der Waals surface area contributed by atoms with Crippen LogP contribution in [0.3, 0.4) is 0 Å². The van der Waals surface area contributed by atoms with E-state index >= 15 is 0 Å². The highest BCUT2D eigenvalue weighted by Crippen LogP contribution is 2.20. The summed E-state index contributed by atoms with van der Waals surface area (Å²) in [5, 5.41) is 7.22. The van der Waals surface area contributed by atoms with E-state index in [0.717, 1.165) is 18.2 Å². The highest BCUT2D eigenvalue weighted by molar-refractivity contribution is 7.89. The second-order valence-corrected chi connectivity index (χ2v) is 5.59. The molecule has 8 heteroatoms. The zero-order chi connectivity index (χ0) is 14.9. The largest absolute Gasteiger partial charge is 0.469 e. The van der Waals surface area contributed by atoms with Crippen LogP contribution in [0.5, 0.6) is 0 Å². The van der Waals surface area contributed by atoms with Gasteiger partial charge in [-0.3, -0.25) is 4.79 Å². The van der Waals surface area contributed by atoms with E-state index in [1.54, 1.807) is 6.92 Å². The van der Waals surface area contributed by atoms with Gasteiger partial charge in [-0.2, -0.15) is 0 Å². The number of hydrogen-bond donors (Lipinski definition) is 2. The van der Waals surface area contributed by atoms with Crippen molar-refractivity contribution in [1.82, 2.24) is 0 Å². The molecule has 0 saturated carbocycles. The number of nitrogens with one attached hydrogen (secondary N) is 1. The van der Waals surface area contributed by atoms with Gasteiger partial charge in [-0.25, -0.2) is 17.9 Å². The molecule has 1 heterocycles. The molecule has 2 rings (SSSR count). The first-order valence-electron chi connectivity index (χ1n) is 5.47. The average Bonchev–Trinajstić information content (AvgIpc) is 2.77. The summed E-state index contributed by atoms with van der Waals surface area (Å²) >= 11 is 0. The molecular formula is C12H11FN2O4S. The van der Waals surface area contributed by atoms with Gasteiger partial charge in [0.15, 0.2) is 0 Å². The van der Waals surface area contributed by atoms with Gasteiger partial charge in [-0.05, 0) is 31.2 Å². The summed E-state index contributed by atoms with van der Waals surface area (Å²) in [5.41, 5.74) is -0.0486. The van der Waals surface area contributed by atoms with Crippen LogP contribution in [0.15, 0.2) is 39.8 Å². The van der Waals surface area contributed by atoms with Crippen LogP contribution in [0.25, 0.3) is 0 Å². The fourth-order valence-corrected chi connectivity index (χ4v) is 2.13. The van der Waals surface area contributed by atoms with Gasteiger partial charge in [0, 0.05) is 0 Å². The van der Waals surface area contributed by atoms with Crippen molar-refractivity contribution in [2.45, 2.75) is 11.8 Å². The molecule has 0 bridgehead atoms. The van der Waals surface area contributed by atoms with Gasteiger partial charge < -0.3 is 9.73 Å². The van der Waals surface area contributed by atoms with Crippen LogP contribution < -0.4 is 10.5 Å². The third-order valence-electron chi connectivity index (χ3n) is 2.62. The Labute approximate surface area is 114 Å². The monoisotopic (exact) mass is 298 g/mol. The number of sulfonamides is 1. The molecule has 0 saturated heterocycles. The highest BCUT2D eigenvalue weighted by Gasteiger charge is 2.16. The summed E-state index contributed by atoms with van der Waals surface area (Å²) < 4.78 is 40.9. The third-order valence-corrected chi connectivity index (χ3v) is 3.53. The van der Waals surface area contributed by atoms with E-state index in [9.17, 15) is 17.6 Å². The molecular weight excluding hydrogens is 287 g/mol. The maximum atomic E-state index is 13.6. The van der Waals surface area contributed by atoms with Crippen molar-refractivity contribution >= 4 is 21.6 Å². The van der Waals surface area contributed by atoms with Crippen LogP contribution in [0, 0.1) is 12.7 Å². The Morgan fingerprint density at radius 3 is 2.60 bits per heavy atom. The molecule has 0 aliphatic heterocycles. The summed E-state index contributed by atoms with van der Waals surface area (Å²) in [4.78, 5) is 11.6. The molecule has 3 N–H and O–H groups in total. The molecule has 2 aromatic rings. The Morgan fingerprint density at radius 2 is 2.05 bits per heavy atom. The number of carbonyl (C=O) groups excluding carboxylic acids is 1. The first-order chi connectivity index (χ1) is 9.29. The lowest BCUT2D eigenvalue weighted by molar-refractivity contribution is 0.102. The lowest BCUT2D eigenvalue weighted by Gasteiger charge is -2.07. The first kappa shape index (κ1) is 14.2. The SMILES string of the molecule is Cc1occc1C(=O)Nc1cc(S(N)(=O)=O)ccc1F. The highest BCUT2D eigenvalue weighted by atomic mass is 32.2. The maximum absolute atomic E-state index is 13.6. The number of anilines is 1. The van der Waals surface area contributed by atoms with Crippen molar-refractivity contribution in [1.29, 1.82) is 0 Å². The average molecular weight is 298 g/mol. The zero-order valence-corrected chi connectivity index (χ0v) is 11.2. The predicted octanol–water partition coefficient (Wildman–Crippen LogP) is 1.63. The minimum Gasteiger partial charge on any atom is -0.469 e. The summed E-state index contributed by atoms with van der Waals surface area (Å²) in [6.07, 6.45) is 1.32. The molecule has 1 aromatic heterocycles. The Balaban J connectivity index is 2.34. The van der Waals surface area contributed by atoms with Crippen LogP contribution in [0.2, 0.25) is 0 Å². The molecule has 106 valence electrons. The van der Waals surface area contributed by atoms with Crippen molar-refractivity contribution in [2.75, 3.05) is 5.32 Å². The van der Waals surface area contributed by atoms with Gasteiger partial charge in [0.05, 0.1) is 22.4 Å². The molecule has 0 spiro atoms. The molecule has 0 aliphatic carbocycles. The topological polar surface area (TPSA) is 102 Å². The number of primary sulfonamides is 1. The molecule has 6 nitrogen and oxygen atoms in total. The quantitative estimate of drug-likeness (QED) is 0.898. The van der Waals surface area contributed by atoms with Gasteiger partial charge >= 0.3 is 0 Å². The maximum Gasteiger partial charge on any atom is 0.259 e. The Morgan fingerprint density at radius 1 is 1.35 bits per heavy atom. The fourth-order valence-electron chi connectivity index (χ4n) is 1.59. The second-order valence-electron chi connectivity index (χ2n) is 4.03. The minimum absolute atomic E-state index is 0.227. The number of furan rings is 1. The number of carbonyl (C=O) groups is 1. The fraction of sp³-hybridized carbons (Fsp3) is 0.0833. The van der Waals surface area contributed by atoms with Crippen molar-refractivity contribution in [3.63, 3.8) is 0 Å². The number of hydrogen-bond acceptors (Lipinski definition) is 4. The van der Waals surface area contributed by atoms with E-state index in [1.807, 2.05) is 0 Å². The van der Waals surface area contributed by atoms with E-state index < -0.39 is 21.7 Å². The summed E-state index contributed by atoms with van der Waals surface area (Å²) in [7, 11) is -3.98. The van der Waals surface area contributed by atoms with Crippen molar-refractivity contribution in [2.24, 2.45) is 5.14 Å². The lowest BCUT2D eigenvalue weighted by Crippen LogP contribution is -2.16. The van der Waals surface area contributed by atoms with E-state index in [0.29, 0.717) is 5.76 Å². The standard InChI is InChI=1S/C12H11FN2O4S/c1-7-9(4-5-19-7)12(16)15-11-6-8(20(14,17)18)2-3-10(11)13/h2-6H,1H3,(H,15,16)(H2,14,17,18). The number of amides is 1. The van der Waals surface area contributed by atoms with Crippen LogP contribution in [0.1, 0.15) is 16.1 Å². The van der Waals surface area contributed by atoms with E-state index in [-0.39, 0.29) is 16.1 Å². The number of rotatable bonds is 3. The zero-order valence-electron chi connectivity index (χ0n) is 10.4. The van der Waals surface area contributed by atoms with E-state index in [1.165, 1.54) is 12.3 Å². The molecule has 0 radical (unpaired) electrons. The second kappa shape index (κ2) is 5.06. The van der Waals surface area contributed by atoms with Gasteiger partial charge in [0.2, 0.25) is 10.0 Å². The summed E-state index contributed by atoms with van der Waals surface area (Å²) in [6, 6.07) is 4.31. The minimum atomic E-state index is -3.98. The van der Waals surface area contributed by atoms with Crippen molar-refractivity contribution < 1.29 is 22.0 Å². The molecule has 0 aliphatic rings. The van der Waals surface area contributed by atoms with Crippen LogP contribution in [-0.2, 0) is 10.0 Å². The molecule has 0 atom stereocenters. The third kappa shape index (κ3) is 2.86. The smallest absolute Gasteiger partial charge is 0.259 e. The van der Waals surface area contributed by atoms with Crippen molar-refractivity contribution in [3.05, 3.63) is 47.7 Å². The molecule has 0 unspecified atom stereocenters. The van der Waals surface area contributed by atoms with Gasteiger partial charge in [-0.1, -0.05) is 0 Å². The Hall–Kier alpha value is -2.19. The van der Waals surface area contributed by atoms with Crippen LogP contribution in [-0.4, -0.2) is 14.3 Å². The Kier molecular flexibility index (Phi) is 3.60. The van der Waals surface area contributed by atoms with E-state index in [4.69, 9.17) is 9.56 Å². The molecule has 1 aromatic carbocycles. The van der Waals surface area contributed by atoms with Gasteiger partial charge in [0.25, 0.3) is 5.91 Å². The Bertz CT molecular complexity index is 768. The number of nitrogens with two attached hydrogens (primary N) is 1. The lowest BCUT2D eigenvalue weighted by atomic mass is 10.2. The number of benzene rings is 1. The number of aryl methyl sites for hydroxylation is 1.